The van der Waals surface area contributed by atoms with Gasteiger partial charge in [0.05, 0.1) is 5.69 Å². The van der Waals surface area contributed by atoms with Crippen molar-refractivity contribution >= 4 is 92.8 Å². The van der Waals surface area contributed by atoms with Gasteiger partial charge in [-0.25, -0.2) is 0 Å². The molecule has 11 rings (SSSR count). The zero-order valence-corrected chi connectivity index (χ0v) is 33.5. The van der Waals surface area contributed by atoms with E-state index in [1.165, 1.54) is 74.2 Å². The summed E-state index contributed by atoms with van der Waals surface area (Å²) in [5, 5.41) is 13.0. The van der Waals surface area contributed by atoms with Gasteiger partial charge in [0, 0.05) is 26.6 Å². The molecule has 0 bridgehead atoms. The van der Waals surface area contributed by atoms with Crippen molar-refractivity contribution < 1.29 is 0 Å². The molecule has 0 aromatic heterocycles. The first-order chi connectivity index (χ1) is 27.8. The molecule has 263 valence electrons. The molecule has 1 nitrogen and oxygen atoms in total. The van der Waals surface area contributed by atoms with Gasteiger partial charge in [-0.15, -0.1) is 0 Å². The fraction of sp³-hybridized carbons (Fsp3) is 0. The minimum absolute atomic E-state index is 1.14. The molecule has 0 aliphatic carbocycles. The maximum absolute atomic E-state index is 2.75. The summed E-state index contributed by atoms with van der Waals surface area (Å²) < 4.78 is 0. The molecular formula is C52H36NSSi2. The molecule has 0 atom stereocenters. The van der Waals surface area contributed by atoms with E-state index in [1.54, 1.807) is 5.19 Å². The van der Waals surface area contributed by atoms with Gasteiger partial charge < -0.3 is 4.90 Å². The summed E-state index contributed by atoms with van der Waals surface area (Å²) in [5.74, 6) is 0. The summed E-state index contributed by atoms with van der Waals surface area (Å²) in [6.07, 6.45) is 0. The van der Waals surface area contributed by atoms with Gasteiger partial charge in [0.15, 0.2) is 16.9 Å². The van der Waals surface area contributed by atoms with Crippen molar-refractivity contribution in [1.82, 2.24) is 0 Å². The number of nitrogens with zero attached hydrogens (tertiary/aromatic N) is 1. The minimum atomic E-state index is -2.75. The van der Waals surface area contributed by atoms with Gasteiger partial charge in [-0.3, -0.25) is 0 Å². The van der Waals surface area contributed by atoms with Crippen LogP contribution in [0.15, 0.2) is 228 Å². The van der Waals surface area contributed by atoms with Crippen molar-refractivity contribution in [3.8, 4) is 11.1 Å². The normalized spacial score (nSPS) is 13.7. The Balaban J connectivity index is 1.21. The van der Waals surface area contributed by atoms with Crippen molar-refractivity contribution in [3.05, 3.63) is 218 Å². The summed E-state index contributed by atoms with van der Waals surface area (Å²) in [7, 11) is -4.16. The van der Waals surface area contributed by atoms with Crippen LogP contribution in [0.2, 0.25) is 0 Å². The third-order valence-electron chi connectivity index (χ3n) is 11.6. The molecule has 2 aliphatic rings. The third-order valence-corrected chi connectivity index (χ3v) is 21.5. The van der Waals surface area contributed by atoms with E-state index < -0.39 is 16.9 Å². The number of benzene rings is 9. The van der Waals surface area contributed by atoms with Gasteiger partial charge in [0.25, 0.3) is 0 Å². The van der Waals surface area contributed by atoms with Crippen molar-refractivity contribution in [2.45, 2.75) is 9.79 Å². The SMILES string of the molecule is c1ccc(-c2ccc(N(c3ccc4c(c3)[Si](c3ccccc3)c3ccccc3[Si]43c4ccccc4Sc4ccccc43)c3cccc4ccccc34)cc2)cc1. The highest BCUT2D eigenvalue weighted by Crippen LogP contribution is 2.40. The monoisotopic (exact) mass is 762 g/mol. The second-order valence-electron chi connectivity index (χ2n) is 14.6. The van der Waals surface area contributed by atoms with Gasteiger partial charge in [-0.1, -0.05) is 198 Å². The second kappa shape index (κ2) is 13.5. The summed E-state index contributed by atoms with van der Waals surface area (Å²) in [6, 6.07) is 82.2. The van der Waals surface area contributed by atoms with Crippen LogP contribution in [0.25, 0.3) is 21.9 Å². The summed E-state index contributed by atoms with van der Waals surface area (Å²) in [4.78, 5) is 5.26. The van der Waals surface area contributed by atoms with E-state index in [-0.39, 0.29) is 0 Å². The first-order valence-corrected chi connectivity index (χ1v) is 23.6. The van der Waals surface area contributed by atoms with E-state index in [1.807, 2.05) is 11.8 Å². The lowest BCUT2D eigenvalue weighted by Crippen LogP contribution is -2.87. The van der Waals surface area contributed by atoms with E-state index in [0.29, 0.717) is 0 Å². The Bertz CT molecular complexity index is 2860. The van der Waals surface area contributed by atoms with Crippen LogP contribution in [0, 0.1) is 0 Å². The molecule has 9 aromatic rings. The van der Waals surface area contributed by atoms with E-state index >= 15 is 0 Å². The van der Waals surface area contributed by atoms with E-state index in [0.717, 1.165) is 5.69 Å². The summed E-state index contributed by atoms with van der Waals surface area (Å²) in [5.41, 5.74) is 5.93. The molecule has 4 heteroatoms. The highest BCUT2D eigenvalue weighted by molar-refractivity contribution is 8.00. The molecule has 0 N–H and O–H groups in total. The molecule has 9 aromatic carbocycles. The number of hydrogen-bond acceptors (Lipinski definition) is 2. The Labute approximate surface area is 335 Å². The quantitative estimate of drug-likeness (QED) is 0.162. The van der Waals surface area contributed by atoms with Gasteiger partial charge in [0.1, 0.15) is 0 Å². The number of anilines is 3. The lowest BCUT2D eigenvalue weighted by molar-refractivity contribution is 1.30. The standard InChI is InChI=1S/C52H36NSSi2/c1-3-16-37(17-4-1)38-30-32-40(33-31-38)53(44-23-15-19-39-18-7-8-22-43(39)44)41-34-35-52-48(36-41)55(42-20-5-2-6-21-42)47-26-11-14-29-51(47)56(52)49-27-12-9-24-45(49)54-46-25-10-13-28-50(46)56/h1-36H. The van der Waals surface area contributed by atoms with Crippen LogP contribution in [0.5, 0.6) is 0 Å². The van der Waals surface area contributed by atoms with Crippen LogP contribution in [-0.2, 0) is 0 Å². The van der Waals surface area contributed by atoms with Crippen LogP contribution in [0.3, 0.4) is 0 Å². The Morgan fingerprint density at radius 1 is 0.393 bits per heavy atom. The van der Waals surface area contributed by atoms with E-state index in [9.17, 15) is 0 Å². The fourth-order valence-corrected chi connectivity index (χ4v) is 20.9. The molecule has 1 radical (unpaired) electrons. The predicted octanol–water partition coefficient (Wildman–Crippen LogP) is 8.65. The largest absolute Gasteiger partial charge is 0.310 e. The van der Waals surface area contributed by atoms with Crippen LogP contribution in [0.4, 0.5) is 17.1 Å². The zero-order valence-electron chi connectivity index (χ0n) is 30.6. The average Bonchev–Trinajstić information content (AvgIpc) is 3.27. The first-order valence-electron chi connectivity index (χ1n) is 19.3. The molecule has 0 fully saturated rings. The Morgan fingerprint density at radius 2 is 0.946 bits per heavy atom. The second-order valence-corrected chi connectivity index (χ2v) is 21.8. The van der Waals surface area contributed by atoms with Gasteiger partial charge >= 0.3 is 0 Å². The maximum Gasteiger partial charge on any atom is 0.181 e. The van der Waals surface area contributed by atoms with Crippen LogP contribution >= 0.6 is 11.8 Å². The number of fused-ring (bicyclic) bond motifs is 9. The summed E-state index contributed by atoms with van der Waals surface area (Å²) >= 11 is 1.93. The topological polar surface area (TPSA) is 3.24 Å². The number of rotatable bonds is 5. The zero-order chi connectivity index (χ0) is 37.1. The minimum Gasteiger partial charge on any atom is -0.310 e. The van der Waals surface area contributed by atoms with Crippen LogP contribution < -0.4 is 41.2 Å². The molecule has 0 amide bonds. The van der Waals surface area contributed by atoms with Crippen LogP contribution in [0.1, 0.15) is 0 Å². The van der Waals surface area contributed by atoms with Crippen molar-refractivity contribution in [1.29, 1.82) is 0 Å². The van der Waals surface area contributed by atoms with Crippen molar-refractivity contribution in [2.75, 3.05) is 4.90 Å². The molecular weight excluding hydrogens is 727 g/mol. The smallest absolute Gasteiger partial charge is 0.181 e. The van der Waals surface area contributed by atoms with E-state index in [4.69, 9.17) is 0 Å². The highest BCUT2D eigenvalue weighted by Gasteiger charge is 2.53. The Morgan fingerprint density at radius 3 is 1.70 bits per heavy atom. The lowest BCUT2D eigenvalue weighted by Gasteiger charge is -2.46. The molecule has 2 heterocycles. The Hall–Kier alpha value is -6.18. The predicted molar refractivity (Wildman–Crippen MR) is 243 cm³/mol. The highest BCUT2D eigenvalue weighted by atomic mass is 32.2. The van der Waals surface area contributed by atoms with Crippen molar-refractivity contribution in [2.24, 2.45) is 0 Å². The van der Waals surface area contributed by atoms with Gasteiger partial charge in [-0.2, -0.15) is 0 Å². The molecule has 0 saturated carbocycles. The molecule has 56 heavy (non-hydrogen) atoms. The first kappa shape index (κ1) is 33.2. The Kier molecular flexibility index (Phi) is 8.02. The van der Waals surface area contributed by atoms with Gasteiger partial charge in [-0.05, 0) is 84.9 Å². The van der Waals surface area contributed by atoms with Crippen molar-refractivity contribution in [3.63, 3.8) is 0 Å². The fourth-order valence-electron chi connectivity index (χ4n) is 9.28. The summed E-state index contributed by atoms with van der Waals surface area (Å²) in [6.45, 7) is 0. The van der Waals surface area contributed by atoms with Crippen LogP contribution in [-0.4, -0.2) is 16.9 Å². The number of hydrogen-bond donors (Lipinski definition) is 0. The third kappa shape index (κ3) is 5.14. The van der Waals surface area contributed by atoms with E-state index in [2.05, 4.69) is 223 Å². The maximum atomic E-state index is 2.58. The lowest BCUT2D eigenvalue weighted by atomic mass is 10.0. The molecule has 2 aliphatic heterocycles. The van der Waals surface area contributed by atoms with Gasteiger partial charge in [0.2, 0.25) is 0 Å². The molecule has 0 unspecified atom stereocenters. The molecule has 0 saturated heterocycles. The molecule has 1 spiro atoms. The average molecular weight is 763 g/mol.